The quantitative estimate of drug-likeness (QED) is 0.219. The number of carbonyl (C=O) groups is 4. The predicted molar refractivity (Wildman–Crippen MR) is 184 cm³/mol. The molecular weight excluding hydrogens is 592 g/mol. The molecule has 3 N–H and O–H groups in total. The van der Waals surface area contributed by atoms with Gasteiger partial charge in [-0.3, -0.25) is 34.5 Å². The van der Waals surface area contributed by atoms with Gasteiger partial charge in [0.15, 0.2) is 0 Å². The van der Waals surface area contributed by atoms with E-state index in [9.17, 15) is 19.2 Å². The summed E-state index contributed by atoms with van der Waals surface area (Å²) in [6, 6.07) is 15.6. The number of likely N-dealkylation sites (tertiary alicyclic amines) is 1. The standard InChI is InChI=1S/C30H34N6O4.C5H10.C2H6/c1-20(2-9-28(38)31-19-37)36-18-25-16-24(7-8-26(25)30(36)40)22-11-14-35(15-12-22)17-21-3-5-23(6-4-21)29(39)33-27-10-13-32-34-27;1-2-4-5-3-1;1-2/h3-8,10,13,16,19-20,22H,2,9,11-12,14-15,17-18H2,1H3,(H,31,37,38)(H2,32,33,34,39);1-5H2;1-2H3. The Labute approximate surface area is 278 Å². The summed E-state index contributed by atoms with van der Waals surface area (Å²) in [5.41, 5.74) is 4.84. The lowest BCUT2D eigenvalue weighted by atomic mass is 9.87. The zero-order valence-electron chi connectivity index (χ0n) is 28.1. The van der Waals surface area contributed by atoms with Crippen molar-refractivity contribution >= 4 is 29.9 Å². The number of nitrogens with one attached hydrogen (secondary N) is 3. The third-order valence-electron chi connectivity index (χ3n) is 9.18. The number of carbonyl (C=O) groups excluding carboxylic acids is 4. The minimum atomic E-state index is -0.328. The molecule has 0 radical (unpaired) electrons. The van der Waals surface area contributed by atoms with Gasteiger partial charge in [0, 0.05) is 42.7 Å². The second-order valence-corrected chi connectivity index (χ2v) is 12.4. The van der Waals surface area contributed by atoms with Gasteiger partial charge >= 0.3 is 0 Å². The van der Waals surface area contributed by atoms with Crippen LogP contribution in [0.25, 0.3) is 0 Å². The molecule has 47 heavy (non-hydrogen) atoms. The zero-order chi connectivity index (χ0) is 33.6. The largest absolute Gasteiger partial charge is 0.332 e. The van der Waals surface area contributed by atoms with E-state index in [4.69, 9.17) is 0 Å². The molecule has 1 saturated heterocycles. The van der Waals surface area contributed by atoms with Gasteiger partial charge in [-0.15, -0.1) is 0 Å². The van der Waals surface area contributed by atoms with Crippen molar-refractivity contribution in [3.63, 3.8) is 0 Å². The van der Waals surface area contributed by atoms with Crippen molar-refractivity contribution in [3.8, 4) is 0 Å². The van der Waals surface area contributed by atoms with Crippen LogP contribution in [-0.2, 0) is 22.7 Å². The number of imide groups is 1. The number of H-pyrrole nitrogens is 1. The van der Waals surface area contributed by atoms with Gasteiger partial charge in [-0.2, -0.15) is 5.10 Å². The fourth-order valence-electron chi connectivity index (χ4n) is 6.45. The van der Waals surface area contributed by atoms with Crippen LogP contribution in [0.1, 0.15) is 122 Å². The molecule has 4 amide bonds. The minimum absolute atomic E-state index is 0.00414. The Morgan fingerprint density at radius 1 is 1.00 bits per heavy atom. The van der Waals surface area contributed by atoms with Crippen molar-refractivity contribution < 1.29 is 19.2 Å². The maximum Gasteiger partial charge on any atom is 0.256 e. The number of benzene rings is 2. The minimum Gasteiger partial charge on any atom is -0.332 e. The number of fused-ring (bicyclic) bond motifs is 1. The Balaban J connectivity index is 0.000000643. The van der Waals surface area contributed by atoms with Crippen LogP contribution < -0.4 is 10.6 Å². The van der Waals surface area contributed by atoms with E-state index >= 15 is 0 Å². The number of hydrogen-bond acceptors (Lipinski definition) is 6. The molecule has 3 aliphatic rings. The molecule has 10 nitrogen and oxygen atoms in total. The summed E-state index contributed by atoms with van der Waals surface area (Å²) in [5, 5.41) is 11.5. The second-order valence-electron chi connectivity index (χ2n) is 12.4. The highest BCUT2D eigenvalue weighted by Gasteiger charge is 2.32. The van der Waals surface area contributed by atoms with E-state index in [0.29, 0.717) is 36.7 Å². The molecule has 1 saturated carbocycles. The molecule has 0 spiro atoms. The zero-order valence-corrected chi connectivity index (χ0v) is 28.1. The van der Waals surface area contributed by atoms with Crippen molar-refractivity contribution in [2.45, 2.75) is 104 Å². The van der Waals surface area contributed by atoms with E-state index in [1.165, 1.54) is 43.2 Å². The highest BCUT2D eigenvalue weighted by Crippen LogP contribution is 2.33. The summed E-state index contributed by atoms with van der Waals surface area (Å²) in [6.07, 6.45) is 12.3. The van der Waals surface area contributed by atoms with Gasteiger partial charge in [0.2, 0.25) is 12.3 Å². The molecule has 3 heterocycles. The highest BCUT2D eigenvalue weighted by atomic mass is 16.2. The molecule has 2 aromatic carbocycles. The van der Waals surface area contributed by atoms with E-state index in [0.717, 1.165) is 43.6 Å². The maximum absolute atomic E-state index is 13.0. The van der Waals surface area contributed by atoms with Gasteiger partial charge in [-0.1, -0.05) is 70.2 Å². The van der Waals surface area contributed by atoms with Gasteiger partial charge in [-0.05, 0) is 80.1 Å². The first-order chi connectivity index (χ1) is 22.9. The van der Waals surface area contributed by atoms with Crippen molar-refractivity contribution in [2.75, 3.05) is 18.4 Å². The third kappa shape index (κ3) is 10.1. The summed E-state index contributed by atoms with van der Waals surface area (Å²) in [5.74, 6) is 0.516. The lowest BCUT2D eigenvalue weighted by molar-refractivity contribution is -0.125. The number of nitrogens with zero attached hydrogens (tertiary/aromatic N) is 3. The summed E-state index contributed by atoms with van der Waals surface area (Å²) in [6.45, 7) is 9.29. The number of piperidine rings is 1. The monoisotopic (exact) mass is 642 g/mol. The molecule has 1 aromatic heterocycles. The second kappa shape index (κ2) is 18.1. The van der Waals surface area contributed by atoms with E-state index in [1.54, 1.807) is 12.3 Å². The van der Waals surface area contributed by atoms with Crippen LogP contribution in [0.15, 0.2) is 54.7 Å². The van der Waals surface area contributed by atoms with Crippen LogP contribution in [0.5, 0.6) is 0 Å². The number of amides is 4. The van der Waals surface area contributed by atoms with Gasteiger partial charge < -0.3 is 10.2 Å². The van der Waals surface area contributed by atoms with Crippen molar-refractivity contribution in [3.05, 3.63) is 82.5 Å². The Bertz CT molecular complexity index is 1440. The number of hydrogen-bond donors (Lipinski definition) is 3. The van der Waals surface area contributed by atoms with E-state index in [-0.39, 0.29) is 30.2 Å². The van der Waals surface area contributed by atoms with Crippen molar-refractivity contribution in [1.82, 2.24) is 25.3 Å². The summed E-state index contributed by atoms with van der Waals surface area (Å²) in [7, 11) is 0. The topological polar surface area (TPSA) is 128 Å². The SMILES string of the molecule is C1CCCC1.CC.CC(CCC(=O)NC=O)N1Cc2cc(C3CCN(Cc4ccc(C(=O)Nc5ccn[nH]5)cc4)CC3)ccc2C1=O. The molecule has 2 aliphatic heterocycles. The van der Waals surface area contributed by atoms with E-state index in [1.807, 2.05) is 56.0 Å². The van der Waals surface area contributed by atoms with Crippen LogP contribution >= 0.6 is 0 Å². The average molecular weight is 643 g/mol. The average Bonchev–Trinajstić information content (AvgIpc) is 3.90. The van der Waals surface area contributed by atoms with Crippen molar-refractivity contribution in [2.24, 2.45) is 0 Å². The van der Waals surface area contributed by atoms with Crippen LogP contribution in [0.4, 0.5) is 5.82 Å². The number of rotatable bonds is 10. The predicted octanol–water partition coefficient (Wildman–Crippen LogP) is 6.42. The molecule has 1 atom stereocenters. The molecule has 0 bridgehead atoms. The lowest BCUT2D eigenvalue weighted by Crippen LogP contribution is -2.34. The Morgan fingerprint density at radius 3 is 2.30 bits per heavy atom. The van der Waals surface area contributed by atoms with Crippen molar-refractivity contribution in [1.29, 1.82) is 0 Å². The van der Waals surface area contributed by atoms with Gasteiger partial charge in [-0.25, -0.2) is 0 Å². The Hall–Kier alpha value is -4.31. The third-order valence-corrected chi connectivity index (χ3v) is 9.18. The van der Waals surface area contributed by atoms with Gasteiger partial charge in [0.25, 0.3) is 11.8 Å². The van der Waals surface area contributed by atoms with E-state index < -0.39 is 0 Å². The molecule has 10 heteroatoms. The normalized spacial score (nSPS) is 16.7. The maximum atomic E-state index is 13.0. The number of anilines is 1. The fourth-order valence-corrected chi connectivity index (χ4v) is 6.45. The summed E-state index contributed by atoms with van der Waals surface area (Å²) < 4.78 is 0. The lowest BCUT2D eigenvalue weighted by Gasteiger charge is -2.32. The fraction of sp³-hybridized carbons (Fsp3) is 0.486. The van der Waals surface area contributed by atoms with Crippen LogP contribution in [0, 0.1) is 0 Å². The molecule has 3 aromatic rings. The first kappa shape index (κ1) is 35.5. The Kier molecular flexibility index (Phi) is 13.7. The Morgan fingerprint density at radius 2 is 1.68 bits per heavy atom. The molecular formula is C37H50N6O4. The summed E-state index contributed by atoms with van der Waals surface area (Å²) >= 11 is 0. The van der Waals surface area contributed by atoms with Gasteiger partial charge in [0.1, 0.15) is 5.82 Å². The van der Waals surface area contributed by atoms with E-state index in [2.05, 4.69) is 37.9 Å². The van der Waals surface area contributed by atoms with Crippen LogP contribution in [0.2, 0.25) is 0 Å². The molecule has 6 rings (SSSR count). The molecule has 1 unspecified atom stereocenters. The first-order valence-corrected chi connectivity index (χ1v) is 17.2. The van der Waals surface area contributed by atoms with Gasteiger partial charge in [0.05, 0.1) is 6.20 Å². The smallest absolute Gasteiger partial charge is 0.256 e. The molecule has 1 aliphatic carbocycles. The van der Waals surface area contributed by atoms with Crippen LogP contribution in [0.3, 0.4) is 0 Å². The molecule has 2 fully saturated rings. The highest BCUT2D eigenvalue weighted by molar-refractivity contribution is 6.03. The first-order valence-electron chi connectivity index (χ1n) is 17.2. The molecule has 252 valence electrons. The summed E-state index contributed by atoms with van der Waals surface area (Å²) in [4.78, 5) is 51.7. The number of aromatic amines is 1. The van der Waals surface area contributed by atoms with Crippen LogP contribution in [-0.4, -0.2) is 63.3 Å². The number of aromatic nitrogens is 2.